The van der Waals surface area contributed by atoms with E-state index < -0.39 is 0 Å². The van der Waals surface area contributed by atoms with Crippen molar-refractivity contribution in [3.05, 3.63) is 0 Å². The Kier molecular flexibility index (Phi) is 3.58. The molecule has 10 heavy (non-hydrogen) atoms. The molecular weight excluding hydrogens is 126 g/mol. The number of hydrogen-bond acceptors (Lipinski definition) is 2. The van der Waals surface area contributed by atoms with Gasteiger partial charge in [-0.2, -0.15) is 0 Å². The summed E-state index contributed by atoms with van der Waals surface area (Å²) in [5, 5.41) is 0. The highest BCUT2D eigenvalue weighted by Gasteiger charge is 2.19. The van der Waals surface area contributed by atoms with Crippen molar-refractivity contribution in [1.29, 1.82) is 0 Å². The lowest BCUT2D eigenvalue weighted by Crippen LogP contribution is -2.32. The molecule has 0 saturated heterocycles. The summed E-state index contributed by atoms with van der Waals surface area (Å²) in [6, 6.07) is -0.0186. The molecule has 0 aliphatic rings. The molecule has 0 aromatic rings. The second-order valence-corrected chi connectivity index (χ2v) is 3.20. The van der Waals surface area contributed by atoms with Crippen LogP contribution in [0.5, 0.6) is 0 Å². The molecule has 0 aromatic carbocycles. The third-order valence-corrected chi connectivity index (χ3v) is 1.81. The first-order chi connectivity index (χ1) is 4.46. The SMILES string of the molecule is CC(C)C(=O)C(C)C(C)N. The average molecular weight is 143 g/mol. The van der Waals surface area contributed by atoms with E-state index >= 15 is 0 Å². The number of rotatable bonds is 3. The lowest BCUT2D eigenvalue weighted by molar-refractivity contribution is -0.125. The van der Waals surface area contributed by atoms with Crippen LogP contribution in [-0.2, 0) is 4.79 Å². The van der Waals surface area contributed by atoms with Gasteiger partial charge in [-0.25, -0.2) is 0 Å². The van der Waals surface area contributed by atoms with Crippen LogP contribution in [0.4, 0.5) is 0 Å². The highest BCUT2D eigenvalue weighted by Crippen LogP contribution is 2.08. The molecule has 60 valence electrons. The van der Waals surface area contributed by atoms with Gasteiger partial charge >= 0.3 is 0 Å². The Hall–Kier alpha value is -0.370. The molecule has 0 spiro atoms. The number of hydrogen-bond donors (Lipinski definition) is 1. The Balaban J connectivity index is 3.95. The van der Waals surface area contributed by atoms with Crippen LogP contribution in [-0.4, -0.2) is 11.8 Å². The first-order valence-electron chi connectivity index (χ1n) is 3.76. The fourth-order valence-electron chi connectivity index (χ4n) is 0.785. The first-order valence-corrected chi connectivity index (χ1v) is 3.76. The smallest absolute Gasteiger partial charge is 0.139 e. The van der Waals surface area contributed by atoms with E-state index in [2.05, 4.69) is 0 Å². The predicted molar refractivity (Wildman–Crippen MR) is 42.7 cm³/mol. The maximum Gasteiger partial charge on any atom is 0.139 e. The summed E-state index contributed by atoms with van der Waals surface area (Å²) in [6.45, 7) is 7.56. The molecule has 0 saturated carbocycles. The second kappa shape index (κ2) is 3.71. The van der Waals surface area contributed by atoms with Crippen molar-refractivity contribution >= 4 is 5.78 Å². The van der Waals surface area contributed by atoms with Crippen LogP contribution in [0.15, 0.2) is 0 Å². The summed E-state index contributed by atoms with van der Waals surface area (Å²) in [4.78, 5) is 11.2. The van der Waals surface area contributed by atoms with Gasteiger partial charge in [0.05, 0.1) is 0 Å². The molecule has 0 aliphatic heterocycles. The third kappa shape index (κ3) is 2.48. The third-order valence-electron chi connectivity index (χ3n) is 1.81. The van der Waals surface area contributed by atoms with Crippen LogP contribution >= 0.6 is 0 Å². The van der Waals surface area contributed by atoms with Crippen molar-refractivity contribution in [3.63, 3.8) is 0 Å². The minimum atomic E-state index is -0.0186. The van der Waals surface area contributed by atoms with Gasteiger partial charge in [0.1, 0.15) is 5.78 Å². The normalized spacial score (nSPS) is 17.0. The van der Waals surface area contributed by atoms with Gasteiger partial charge in [-0.15, -0.1) is 0 Å². The van der Waals surface area contributed by atoms with Crippen LogP contribution in [0.2, 0.25) is 0 Å². The molecule has 2 unspecified atom stereocenters. The van der Waals surface area contributed by atoms with E-state index in [9.17, 15) is 4.79 Å². The number of carbonyl (C=O) groups excluding carboxylic acids is 1. The number of ketones is 1. The summed E-state index contributed by atoms with van der Waals surface area (Å²) in [5.41, 5.74) is 5.55. The van der Waals surface area contributed by atoms with Gasteiger partial charge in [-0.05, 0) is 6.92 Å². The largest absolute Gasteiger partial charge is 0.327 e. The lowest BCUT2D eigenvalue weighted by Gasteiger charge is -2.15. The number of nitrogens with two attached hydrogens (primary N) is 1. The van der Waals surface area contributed by atoms with Crippen LogP contribution in [0.3, 0.4) is 0 Å². The van der Waals surface area contributed by atoms with Gasteiger partial charge in [0.2, 0.25) is 0 Å². The highest BCUT2D eigenvalue weighted by atomic mass is 16.1. The van der Waals surface area contributed by atoms with Crippen LogP contribution in [0.25, 0.3) is 0 Å². The van der Waals surface area contributed by atoms with E-state index in [-0.39, 0.29) is 23.7 Å². The maximum atomic E-state index is 11.2. The molecule has 0 aromatic heterocycles. The maximum absolute atomic E-state index is 11.2. The van der Waals surface area contributed by atoms with E-state index in [4.69, 9.17) is 5.73 Å². The fraction of sp³-hybridized carbons (Fsp3) is 0.875. The van der Waals surface area contributed by atoms with Crippen molar-refractivity contribution in [3.8, 4) is 0 Å². The first kappa shape index (κ1) is 9.63. The van der Waals surface area contributed by atoms with Gasteiger partial charge in [0, 0.05) is 17.9 Å². The molecule has 0 radical (unpaired) electrons. The fourth-order valence-corrected chi connectivity index (χ4v) is 0.785. The second-order valence-electron chi connectivity index (χ2n) is 3.20. The zero-order chi connectivity index (χ0) is 8.31. The molecule has 0 fully saturated rings. The highest BCUT2D eigenvalue weighted by molar-refractivity contribution is 5.83. The van der Waals surface area contributed by atoms with Gasteiger partial charge in [0.25, 0.3) is 0 Å². The average Bonchev–Trinajstić information content (AvgIpc) is 1.84. The van der Waals surface area contributed by atoms with Gasteiger partial charge in [-0.3, -0.25) is 4.79 Å². The van der Waals surface area contributed by atoms with Crippen LogP contribution < -0.4 is 5.73 Å². The summed E-state index contributed by atoms with van der Waals surface area (Å²) in [7, 11) is 0. The van der Waals surface area contributed by atoms with Crippen molar-refractivity contribution in [1.82, 2.24) is 0 Å². The van der Waals surface area contributed by atoms with E-state index in [1.54, 1.807) is 0 Å². The Morgan fingerprint density at radius 3 is 1.70 bits per heavy atom. The summed E-state index contributed by atoms with van der Waals surface area (Å²) >= 11 is 0. The van der Waals surface area contributed by atoms with E-state index in [1.165, 1.54) is 0 Å². The molecule has 2 atom stereocenters. The lowest BCUT2D eigenvalue weighted by atomic mass is 9.92. The number of carbonyl (C=O) groups is 1. The molecule has 0 rings (SSSR count). The molecule has 2 heteroatoms. The zero-order valence-corrected chi connectivity index (χ0v) is 7.22. The summed E-state index contributed by atoms with van der Waals surface area (Å²) < 4.78 is 0. The summed E-state index contributed by atoms with van der Waals surface area (Å²) in [5.74, 6) is 0.371. The molecule has 2 N–H and O–H groups in total. The van der Waals surface area contributed by atoms with E-state index in [0.717, 1.165) is 0 Å². The standard InChI is InChI=1S/C8H17NO/c1-5(2)8(10)6(3)7(4)9/h5-7H,9H2,1-4H3. The zero-order valence-electron chi connectivity index (χ0n) is 7.22. The minimum absolute atomic E-state index is 0.000000000000000222. The molecular formula is C8H17NO. The summed E-state index contributed by atoms with van der Waals surface area (Å²) in [6.07, 6.45) is 0. The Morgan fingerprint density at radius 1 is 1.20 bits per heavy atom. The van der Waals surface area contributed by atoms with Crippen molar-refractivity contribution < 1.29 is 4.79 Å². The topological polar surface area (TPSA) is 43.1 Å². The monoisotopic (exact) mass is 143 g/mol. The molecule has 0 bridgehead atoms. The van der Waals surface area contributed by atoms with Gasteiger partial charge < -0.3 is 5.73 Å². The van der Waals surface area contributed by atoms with Crippen molar-refractivity contribution in [2.75, 3.05) is 0 Å². The van der Waals surface area contributed by atoms with Crippen LogP contribution in [0.1, 0.15) is 27.7 Å². The van der Waals surface area contributed by atoms with Crippen molar-refractivity contribution in [2.24, 2.45) is 17.6 Å². The van der Waals surface area contributed by atoms with Crippen LogP contribution in [0, 0.1) is 11.8 Å². The van der Waals surface area contributed by atoms with Crippen molar-refractivity contribution in [2.45, 2.75) is 33.7 Å². The Labute approximate surface area is 62.8 Å². The molecule has 0 aliphatic carbocycles. The molecule has 2 nitrogen and oxygen atoms in total. The molecule has 0 amide bonds. The van der Waals surface area contributed by atoms with E-state index in [0.29, 0.717) is 0 Å². The Morgan fingerprint density at radius 2 is 1.60 bits per heavy atom. The quantitative estimate of drug-likeness (QED) is 0.645. The molecule has 0 heterocycles. The minimum Gasteiger partial charge on any atom is -0.327 e. The van der Waals surface area contributed by atoms with E-state index in [1.807, 2.05) is 27.7 Å². The van der Waals surface area contributed by atoms with Gasteiger partial charge in [0.15, 0.2) is 0 Å². The number of Topliss-reactive ketones (excluding diaryl/α,β-unsaturated/α-hetero) is 1. The Bertz CT molecular complexity index is 118. The van der Waals surface area contributed by atoms with Gasteiger partial charge in [-0.1, -0.05) is 20.8 Å². The predicted octanol–water partition coefficient (Wildman–Crippen LogP) is 1.19.